The fourth-order valence-corrected chi connectivity index (χ4v) is 2.62. The summed E-state index contributed by atoms with van der Waals surface area (Å²) >= 11 is 0. The molecular weight excluding hydrogens is 270 g/mol. The first kappa shape index (κ1) is 15.6. The van der Waals surface area contributed by atoms with Crippen molar-refractivity contribution in [2.45, 2.75) is 38.8 Å². The van der Waals surface area contributed by atoms with Gasteiger partial charge in [-0.15, -0.1) is 0 Å². The first-order chi connectivity index (χ1) is 10.0. The molecule has 1 aliphatic rings. The summed E-state index contributed by atoms with van der Waals surface area (Å²) in [4.78, 5) is 11.9. The molecule has 0 aromatic heterocycles. The van der Waals surface area contributed by atoms with Gasteiger partial charge >= 0.3 is 0 Å². The number of phenols is 1. The molecule has 0 saturated heterocycles. The summed E-state index contributed by atoms with van der Waals surface area (Å²) in [7, 11) is 1.49. The molecule has 3 atom stereocenters. The minimum Gasteiger partial charge on any atom is -0.504 e. The van der Waals surface area contributed by atoms with Crippen molar-refractivity contribution in [3.05, 3.63) is 23.8 Å². The third-order valence-electron chi connectivity index (χ3n) is 4.07. The molecule has 116 valence electrons. The van der Waals surface area contributed by atoms with Gasteiger partial charge in [0.25, 0.3) is 0 Å². The molecule has 1 saturated carbocycles. The van der Waals surface area contributed by atoms with Gasteiger partial charge in [-0.2, -0.15) is 0 Å². The van der Waals surface area contributed by atoms with E-state index in [9.17, 15) is 15.0 Å². The summed E-state index contributed by atoms with van der Waals surface area (Å²) in [5.74, 6) is 1.08. The highest BCUT2D eigenvalue weighted by molar-refractivity contribution is 5.76. The highest BCUT2D eigenvalue weighted by Gasteiger charge is 2.42. The minimum atomic E-state index is -0.274. The summed E-state index contributed by atoms with van der Waals surface area (Å²) in [6.07, 6.45) is 1.88. The highest BCUT2D eigenvalue weighted by atomic mass is 16.5. The molecule has 2 rings (SSSR count). The minimum absolute atomic E-state index is 0.00200. The van der Waals surface area contributed by atoms with Gasteiger partial charge < -0.3 is 20.3 Å². The molecule has 21 heavy (non-hydrogen) atoms. The van der Waals surface area contributed by atoms with Crippen LogP contribution in [0.15, 0.2) is 18.2 Å². The van der Waals surface area contributed by atoms with Crippen LogP contribution in [0.1, 0.15) is 31.7 Å². The molecule has 1 aromatic carbocycles. The molecule has 1 aliphatic carbocycles. The summed E-state index contributed by atoms with van der Waals surface area (Å²) in [5.41, 5.74) is 0.874. The van der Waals surface area contributed by atoms with E-state index in [-0.39, 0.29) is 23.7 Å². The van der Waals surface area contributed by atoms with E-state index in [1.807, 2.05) is 6.92 Å². The maximum absolute atomic E-state index is 11.9. The van der Waals surface area contributed by atoms with Crippen LogP contribution in [0.2, 0.25) is 0 Å². The highest BCUT2D eigenvalue weighted by Crippen LogP contribution is 2.44. The molecule has 1 fully saturated rings. The zero-order valence-corrected chi connectivity index (χ0v) is 12.5. The van der Waals surface area contributed by atoms with Gasteiger partial charge in [-0.05, 0) is 42.4 Å². The third-order valence-corrected chi connectivity index (χ3v) is 4.07. The number of benzene rings is 1. The lowest BCUT2D eigenvalue weighted by atomic mass is 10.1. The molecular formula is C16H23NO4. The van der Waals surface area contributed by atoms with Gasteiger partial charge in [0.05, 0.1) is 13.2 Å². The van der Waals surface area contributed by atoms with Crippen molar-refractivity contribution in [3.8, 4) is 11.5 Å². The number of phenolic OH excluding ortho intramolecular Hbond substituents is 1. The maximum atomic E-state index is 11.9. The Morgan fingerprint density at radius 3 is 2.95 bits per heavy atom. The maximum Gasteiger partial charge on any atom is 0.220 e. The van der Waals surface area contributed by atoms with Crippen LogP contribution in [-0.2, 0) is 11.3 Å². The van der Waals surface area contributed by atoms with Gasteiger partial charge in [0.2, 0.25) is 5.91 Å². The van der Waals surface area contributed by atoms with E-state index in [0.717, 1.165) is 18.4 Å². The smallest absolute Gasteiger partial charge is 0.220 e. The number of aliphatic hydroxyl groups is 1. The van der Waals surface area contributed by atoms with E-state index < -0.39 is 0 Å². The van der Waals surface area contributed by atoms with E-state index in [1.54, 1.807) is 18.2 Å². The van der Waals surface area contributed by atoms with Gasteiger partial charge in [-0.1, -0.05) is 13.0 Å². The second-order valence-corrected chi connectivity index (χ2v) is 5.62. The van der Waals surface area contributed by atoms with Crippen LogP contribution in [-0.4, -0.2) is 29.3 Å². The molecule has 0 spiro atoms. The van der Waals surface area contributed by atoms with Crippen molar-refractivity contribution >= 4 is 5.91 Å². The number of nitrogens with one attached hydrogen (secondary N) is 1. The quantitative estimate of drug-likeness (QED) is 0.716. The zero-order valence-electron chi connectivity index (χ0n) is 12.5. The fourth-order valence-electron chi connectivity index (χ4n) is 2.62. The molecule has 3 N–H and O–H groups in total. The fraction of sp³-hybridized carbons (Fsp3) is 0.562. The van der Waals surface area contributed by atoms with Crippen molar-refractivity contribution < 1.29 is 19.7 Å². The number of methoxy groups -OCH3 is 1. The SMILES string of the molecule is CCC(O)C1CC1CC(=O)NCc1ccc(O)c(OC)c1. The summed E-state index contributed by atoms with van der Waals surface area (Å²) in [6, 6.07) is 5.00. The summed E-state index contributed by atoms with van der Waals surface area (Å²) < 4.78 is 5.03. The standard InChI is InChI=1S/C16H23NO4/c1-3-13(18)12-7-11(12)8-16(20)17-9-10-4-5-14(19)15(6-10)21-2/h4-6,11-13,18-19H,3,7-9H2,1-2H3,(H,17,20). The number of hydrogen-bond donors (Lipinski definition) is 3. The number of carbonyl (C=O) groups excluding carboxylic acids is 1. The van der Waals surface area contributed by atoms with Gasteiger partial charge in [0.1, 0.15) is 0 Å². The van der Waals surface area contributed by atoms with Gasteiger partial charge in [0, 0.05) is 13.0 Å². The molecule has 0 aliphatic heterocycles. The third kappa shape index (κ3) is 4.11. The number of ether oxygens (including phenoxy) is 1. The van der Waals surface area contributed by atoms with Gasteiger partial charge in [0.15, 0.2) is 11.5 Å². The van der Waals surface area contributed by atoms with E-state index in [4.69, 9.17) is 4.74 Å². The van der Waals surface area contributed by atoms with Crippen molar-refractivity contribution in [1.82, 2.24) is 5.32 Å². The Kier molecular flexibility index (Phi) is 5.07. The van der Waals surface area contributed by atoms with Crippen molar-refractivity contribution in [1.29, 1.82) is 0 Å². The number of carbonyl (C=O) groups is 1. The molecule has 5 heteroatoms. The first-order valence-corrected chi connectivity index (χ1v) is 7.35. The Labute approximate surface area is 124 Å². The zero-order chi connectivity index (χ0) is 15.4. The number of aromatic hydroxyl groups is 1. The van der Waals surface area contributed by atoms with Crippen LogP contribution < -0.4 is 10.1 Å². The van der Waals surface area contributed by atoms with E-state index in [1.165, 1.54) is 7.11 Å². The first-order valence-electron chi connectivity index (χ1n) is 7.35. The molecule has 5 nitrogen and oxygen atoms in total. The lowest BCUT2D eigenvalue weighted by Crippen LogP contribution is -2.23. The van der Waals surface area contributed by atoms with Gasteiger partial charge in [-0.3, -0.25) is 4.79 Å². The molecule has 0 radical (unpaired) electrons. The predicted octanol–water partition coefficient (Wildman–Crippen LogP) is 1.81. The van der Waals surface area contributed by atoms with Crippen LogP contribution in [0.25, 0.3) is 0 Å². The van der Waals surface area contributed by atoms with Crippen molar-refractivity contribution in [2.75, 3.05) is 7.11 Å². The number of aliphatic hydroxyl groups excluding tert-OH is 1. The van der Waals surface area contributed by atoms with Crippen molar-refractivity contribution in [2.24, 2.45) is 11.8 Å². The number of rotatable bonds is 7. The second-order valence-electron chi connectivity index (χ2n) is 5.62. The van der Waals surface area contributed by atoms with Crippen LogP contribution in [0.3, 0.4) is 0 Å². The van der Waals surface area contributed by atoms with Crippen LogP contribution in [0, 0.1) is 11.8 Å². The molecule has 3 unspecified atom stereocenters. The molecule has 1 aromatic rings. The summed E-state index contributed by atoms with van der Waals surface area (Å²) in [6.45, 7) is 2.36. The van der Waals surface area contributed by atoms with Crippen LogP contribution in [0.5, 0.6) is 11.5 Å². The predicted molar refractivity (Wildman–Crippen MR) is 79.0 cm³/mol. The topological polar surface area (TPSA) is 78.8 Å². The Bertz CT molecular complexity index is 503. The normalized spacial score (nSPS) is 21.7. The van der Waals surface area contributed by atoms with Crippen molar-refractivity contribution in [3.63, 3.8) is 0 Å². The largest absolute Gasteiger partial charge is 0.504 e. The lowest BCUT2D eigenvalue weighted by Gasteiger charge is -2.09. The average molecular weight is 293 g/mol. The monoisotopic (exact) mass is 293 g/mol. The molecule has 1 amide bonds. The van der Waals surface area contributed by atoms with Crippen LogP contribution >= 0.6 is 0 Å². The van der Waals surface area contributed by atoms with E-state index in [2.05, 4.69) is 5.32 Å². The van der Waals surface area contributed by atoms with Gasteiger partial charge in [-0.25, -0.2) is 0 Å². The number of hydrogen-bond acceptors (Lipinski definition) is 4. The second kappa shape index (κ2) is 6.80. The van der Waals surface area contributed by atoms with E-state index in [0.29, 0.717) is 24.6 Å². The van der Waals surface area contributed by atoms with Crippen LogP contribution in [0.4, 0.5) is 0 Å². The van der Waals surface area contributed by atoms with E-state index >= 15 is 0 Å². The Balaban J connectivity index is 1.77. The molecule has 0 heterocycles. The number of amides is 1. The Hall–Kier alpha value is -1.75. The lowest BCUT2D eigenvalue weighted by molar-refractivity contribution is -0.121. The summed E-state index contributed by atoms with van der Waals surface area (Å²) in [5, 5.41) is 22.1. The molecule has 0 bridgehead atoms. The Morgan fingerprint density at radius 1 is 1.52 bits per heavy atom. The Morgan fingerprint density at radius 2 is 2.29 bits per heavy atom. The average Bonchev–Trinajstić information content (AvgIpc) is 3.24.